The van der Waals surface area contributed by atoms with Crippen molar-refractivity contribution in [3.63, 3.8) is 0 Å². The maximum Gasteiger partial charge on any atom is 0.262 e. The van der Waals surface area contributed by atoms with Crippen molar-refractivity contribution >= 4 is 28.6 Å². The van der Waals surface area contributed by atoms with Crippen LogP contribution in [-0.2, 0) is 18.7 Å². The average Bonchev–Trinajstić information content (AvgIpc) is 3.40. The van der Waals surface area contributed by atoms with Gasteiger partial charge in [-0.3, -0.25) is 14.2 Å². The SMILES string of the molecule is O=C(NC1CCCC1)c1ccc2c(=O)n(CCc3ccccc3)c(SCc3cccc(F)c3)nc2c1. The van der Waals surface area contributed by atoms with Gasteiger partial charge in [-0.25, -0.2) is 9.37 Å². The molecule has 4 aromatic rings. The van der Waals surface area contributed by atoms with Gasteiger partial charge in [0.25, 0.3) is 11.5 Å². The lowest BCUT2D eigenvalue weighted by atomic mass is 10.1. The Morgan fingerprint density at radius 1 is 1.00 bits per heavy atom. The zero-order valence-corrected chi connectivity index (χ0v) is 20.8. The predicted molar refractivity (Wildman–Crippen MR) is 142 cm³/mol. The predicted octanol–water partition coefficient (Wildman–Crippen LogP) is 5.74. The van der Waals surface area contributed by atoms with E-state index in [4.69, 9.17) is 4.98 Å². The van der Waals surface area contributed by atoms with E-state index in [1.807, 2.05) is 36.4 Å². The van der Waals surface area contributed by atoms with Crippen molar-refractivity contribution < 1.29 is 9.18 Å². The number of thioether (sulfide) groups is 1. The van der Waals surface area contributed by atoms with Crippen molar-refractivity contribution in [2.24, 2.45) is 0 Å². The minimum Gasteiger partial charge on any atom is -0.349 e. The van der Waals surface area contributed by atoms with E-state index in [1.54, 1.807) is 28.8 Å². The fourth-order valence-corrected chi connectivity index (χ4v) is 5.62. The Balaban J connectivity index is 1.47. The molecule has 0 aliphatic heterocycles. The molecule has 1 N–H and O–H groups in total. The molecule has 1 amide bonds. The first kappa shape index (κ1) is 24.3. The van der Waals surface area contributed by atoms with Crippen LogP contribution >= 0.6 is 11.8 Å². The number of hydrogen-bond acceptors (Lipinski definition) is 4. The van der Waals surface area contributed by atoms with Gasteiger partial charge in [0.2, 0.25) is 0 Å². The number of benzene rings is 3. The highest BCUT2D eigenvalue weighted by Crippen LogP contribution is 2.24. The largest absolute Gasteiger partial charge is 0.349 e. The van der Waals surface area contributed by atoms with Gasteiger partial charge in [0.15, 0.2) is 5.16 Å². The van der Waals surface area contributed by atoms with E-state index in [9.17, 15) is 14.0 Å². The van der Waals surface area contributed by atoms with Gasteiger partial charge in [-0.1, -0.05) is 67.1 Å². The van der Waals surface area contributed by atoms with E-state index in [-0.39, 0.29) is 23.3 Å². The summed E-state index contributed by atoms with van der Waals surface area (Å²) in [5, 5.41) is 4.14. The molecule has 1 fully saturated rings. The standard InChI is InChI=1S/C29H28FN3O2S/c30-23-10-6-9-21(17-23)19-36-29-32-26-18-22(27(34)31-24-11-4-5-12-24)13-14-25(26)28(35)33(29)16-15-20-7-2-1-3-8-20/h1-3,6-10,13-14,17-18,24H,4-5,11-12,15-16,19H2,(H,31,34). The summed E-state index contributed by atoms with van der Waals surface area (Å²) < 4.78 is 15.4. The third-order valence-electron chi connectivity index (χ3n) is 6.60. The van der Waals surface area contributed by atoms with Crippen molar-refractivity contribution in [2.75, 3.05) is 0 Å². The number of nitrogens with zero attached hydrogens (tertiary/aromatic N) is 2. The van der Waals surface area contributed by atoms with Crippen LogP contribution in [0.2, 0.25) is 0 Å². The van der Waals surface area contributed by atoms with Gasteiger partial charge in [-0.15, -0.1) is 0 Å². The highest BCUT2D eigenvalue weighted by atomic mass is 32.2. The monoisotopic (exact) mass is 501 g/mol. The van der Waals surface area contributed by atoms with E-state index in [0.29, 0.717) is 40.3 Å². The number of halogens is 1. The van der Waals surface area contributed by atoms with Gasteiger partial charge in [0, 0.05) is 23.9 Å². The molecule has 1 aliphatic carbocycles. The Morgan fingerprint density at radius 3 is 2.56 bits per heavy atom. The highest BCUT2D eigenvalue weighted by molar-refractivity contribution is 7.98. The molecule has 1 heterocycles. The molecule has 5 rings (SSSR count). The molecular weight excluding hydrogens is 473 g/mol. The number of hydrogen-bond donors (Lipinski definition) is 1. The molecule has 0 atom stereocenters. The van der Waals surface area contributed by atoms with Crippen molar-refractivity contribution in [1.29, 1.82) is 0 Å². The second-order valence-electron chi connectivity index (χ2n) is 9.19. The zero-order chi connectivity index (χ0) is 24.9. The number of fused-ring (bicyclic) bond motifs is 1. The molecule has 0 spiro atoms. The molecule has 1 saturated carbocycles. The van der Waals surface area contributed by atoms with Gasteiger partial charge in [-0.05, 0) is 60.7 Å². The molecule has 0 bridgehead atoms. The van der Waals surface area contributed by atoms with Crippen molar-refractivity contribution in [1.82, 2.24) is 14.9 Å². The number of aromatic nitrogens is 2. The smallest absolute Gasteiger partial charge is 0.262 e. The molecule has 1 aliphatic rings. The Morgan fingerprint density at radius 2 is 1.78 bits per heavy atom. The zero-order valence-electron chi connectivity index (χ0n) is 20.0. The van der Waals surface area contributed by atoms with E-state index in [2.05, 4.69) is 5.32 Å². The third-order valence-corrected chi connectivity index (χ3v) is 7.64. The number of aryl methyl sites for hydroxylation is 1. The molecule has 1 aromatic heterocycles. The summed E-state index contributed by atoms with van der Waals surface area (Å²) in [5.41, 5.74) is 2.81. The summed E-state index contributed by atoms with van der Waals surface area (Å²) in [7, 11) is 0. The maximum absolute atomic E-state index is 13.7. The van der Waals surface area contributed by atoms with Crippen LogP contribution in [0.5, 0.6) is 0 Å². The Kier molecular flexibility index (Phi) is 7.47. The summed E-state index contributed by atoms with van der Waals surface area (Å²) in [6.45, 7) is 0.473. The van der Waals surface area contributed by atoms with Gasteiger partial charge in [-0.2, -0.15) is 0 Å². The molecule has 184 valence electrons. The number of nitrogens with one attached hydrogen (secondary N) is 1. The maximum atomic E-state index is 13.7. The fourth-order valence-electron chi connectivity index (χ4n) is 4.65. The summed E-state index contributed by atoms with van der Waals surface area (Å²) >= 11 is 1.40. The first-order valence-electron chi connectivity index (χ1n) is 12.3. The molecule has 3 aromatic carbocycles. The van der Waals surface area contributed by atoms with Gasteiger partial charge < -0.3 is 5.32 Å². The van der Waals surface area contributed by atoms with Crippen LogP contribution in [0.3, 0.4) is 0 Å². The van der Waals surface area contributed by atoms with E-state index in [1.165, 1.54) is 23.9 Å². The second-order valence-corrected chi connectivity index (χ2v) is 10.1. The van der Waals surface area contributed by atoms with Crippen molar-refractivity contribution in [3.8, 4) is 0 Å². The van der Waals surface area contributed by atoms with Gasteiger partial charge >= 0.3 is 0 Å². The lowest BCUT2D eigenvalue weighted by Gasteiger charge is -2.15. The number of carbonyl (C=O) groups excluding carboxylic acids is 1. The molecule has 0 saturated heterocycles. The molecule has 0 radical (unpaired) electrons. The molecule has 5 nitrogen and oxygen atoms in total. The van der Waals surface area contributed by atoms with E-state index >= 15 is 0 Å². The van der Waals surface area contributed by atoms with E-state index in [0.717, 1.165) is 36.8 Å². The fraction of sp³-hybridized carbons (Fsp3) is 0.276. The Labute approximate surface area is 213 Å². The normalized spacial score (nSPS) is 13.8. The average molecular weight is 502 g/mol. The topological polar surface area (TPSA) is 64.0 Å². The van der Waals surface area contributed by atoms with Crippen LogP contribution in [-0.4, -0.2) is 21.5 Å². The number of amides is 1. The minimum absolute atomic E-state index is 0.132. The van der Waals surface area contributed by atoms with Crippen molar-refractivity contribution in [2.45, 2.75) is 55.6 Å². The molecule has 0 unspecified atom stereocenters. The summed E-state index contributed by atoms with van der Waals surface area (Å²) in [6.07, 6.45) is 4.97. The van der Waals surface area contributed by atoms with Crippen LogP contribution < -0.4 is 10.9 Å². The quantitative estimate of drug-likeness (QED) is 0.247. The second kappa shape index (κ2) is 11.1. The summed E-state index contributed by atoms with van der Waals surface area (Å²) in [6, 6.07) is 21.8. The lowest BCUT2D eigenvalue weighted by Crippen LogP contribution is -2.32. The Bertz CT molecular complexity index is 1430. The molecule has 7 heteroatoms. The van der Waals surface area contributed by atoms with Crippen LogP contribution in [0.4, 0.5) is 4.39 Å². The third kappa shape index (κ3) is 5.68. The van der Waals surface area contributed by atoms with Crippen LogP contribution in [0.25, 0.3) is 10.9 Å². The first-order chi connectivity index (χ1) is 17.6. The molecular formula is C29H28FN3O2S. The summed E-state index contributed by atoms with van der Waals surface area (Å²) in [5.74, 6) is 0.0508. The van der Waals surface area contributed by atoms with Gasteiger partial charge in [0.1, 0.15) is 5.82 Å². The van der Waals surface area contributed by atoms with Gasteiger partial charge in [0.05, 0.1) is 10.9 Å². The van der Waals surface area contributed by atoms with Crippen LogP contribution in [0.15, 0.2) is 82.7 Å². The minimum atomic E-state index is -0.293. The Hall–Kier alpha value is -3.45. The number of carbonyl (C=O) groups is 1. The highest BCUT2D eigenvalue weighted by Gasteiger charge is 2.19. The first-order valence-corrected chi connectivity index (χ1v) is 13.3. The summed E-state index contributed by atoms with van der Waals surface area (Å²) in [4.78, 5) is 31.2. The number of rotatable bonds is 8. The molecule has 36 heavy (non-hydrogen) atoms. The van der Waals surface area contributed by atoms with Crippen LogP contribution in [0.1, 0.15) is 47.2 Å². The van der Waals surface area contributed by atoms with E-state index < -0.39 is 0 Å². The lowest BCUT2D eigenvalue weighted by molar-refractivity contribution is 0.0938. The van der Waals surface area contributed by atoms with Crippen molar-refractivity contribution in [3.05, 3.63) is 106 Å². The van der Waals surface area contributed by atoms with Crippen LogP contribution in [0, 0.1) is 5.82 Å².